The molecule has 0 saturated carbocycles. The zero-order valence-corrected chi connectivity index (χ0v) is 32.5. The Bertz CT molecular complexity index is 3530. The van der Waals surface area contributed by atoms with Crippen molar-refractivity contribution in [1.82, 2.24) is 24.9 Å². The molecule has 266 valence electrons. The van der Waals surface area contributed by atoms with Crippen LogP contribution in [0.1, 0.15) is 0 Å². The van der Waals surface area contributed by atoms with E-state index in [-0.39, 0.29) is 0 Å². The van der Waals surface area contributed by atoms with Crippen molar-refractivity contribution in [2.75, 3.05) is 0 Å². The average Bonchev–Trinajstić information content (AvgIpc) is 3.98. The van der Waals surface area contributed by atoms with Crippen LogP contribution in [-0.2, 0) is 0 Å². The minimum absolute atomic E-state index is 0.627. The third-order valence-corrected chi connectivity index (χ3v) is 14.1. The average molecular weight is 782 g/mol. The molecular weight excluding hydrogens is 755 g/mol. The summed E-state index contributed by atoms with van der Waals surface area (Å²) < 4.78 is 7.00. The van der Waals surface area contributed by atoms with Crippen LogP contribution in [0.4, 0.5) is 0 Å². The Labute approximate surface area is 338 Å². The zero-order chi connectivity index (χ0) is 37.5. The van der Waals surface area contributed by atoms with Gasteiger partial charge in [0.1, 0.15) is 0 Å². The van der Waals surface area contributed by atoms with Crippen molar-refractivity contribution in [2.24, 2.45) is 0 Å². The van der Waals surface area contributed by atoms with Gasteiger partial charge in [0.15, 0.2) is 23.3 Å². The Morgan fingerprint density at radius 1 is 0.298 bits per heavy atom. The molecule has 5 nitrogen and oxygen atoms in total. The van der Waals surface area contributed by atoms with Crippen LogP contribution in [-0.4, -0.2) is 24.9 Å². The van der Waals surface area contributed by atoms with E-state index in [0.717, 1.165) is 69.3 Å². The molecular formula is C49H27N5S3. The molecule has 0 bridgehead atoms. The van der Waals surface area contributed by atoms with Gasteiger partial charge in [0.2, 0.25) is 0 Å². The Hall–Kier alpha value is -6.71. The van der Waals surface area contributed by atoms with Crippen molar-refractivity contribution < 1.29 is 0 Å². The molecule has 57 heavy (non-hydrogen) atoms. The summed E-state index contributed by atoms with van der Waals surface area (Å²) in [6, 6.07) is 57.1. The Kier molecular flexibility index (Phi) is 7.38. The van der Waals surface area contributed by atoms with Gasteiger partial charge >= 0.3 is 0 Å². The highest BCUT2D eigenvalue weighted by molar-refractivity contribution is 7.27. The van der Waals surface area contributed by atoms with Gasteiger partial charge in [-0.15, -0.1) is 34.0 Å². The summed E-state index contributed by atoms with van der Waals surface area (Å²) in [7, 11) is 0. The predicted octanol–water partition coefficient (Wildman–Crippen LogP) is 14.1. The van der Waals surface area contributed by atoms with Gasteiger partial charge in [-0.3, -0.25) is 0 Å². The fourth-order valence-electron chi connectivity index (χ4n) is 8.00. The first-order chi connectivity index (χ1) is 28.2. The monoisotopic (exact) mass is 781 g/mol. The number of hydrogen-bond donors (Lipinski definition) is 0. The molecule has 0 fully saturated rings. The molecule has 5 heterocycles. The normalized spacial score (nSPS) is 11.9. The van der Waals surface area contributed by atoms with Gasteiger partial charge in [0.25, 0.3) is 0 Å². The van der Waals surface area contributed by atoms with Crippen molar-refractivity contribution in [3.8, 4) is 56.8 Å². The number of rotatable bonds is 5. The highest BCUT2D eigenvalue weighted by atomic mass is 32.1. The van der Waals surface area contributed by atoms with E-state index in [9.17, 15) is 0 Å². The van der Waals surface area contributed by atoms with E-state index in [1.165, 1.54) is 24.9 Å². The van der Waals surface area contributed by atoms with Gasteiger partial charge in [-0.05, 0) is 30.3 Å². The molecule has 0 saturated heterocycles. The van der Waals surface area contributed by atoms with Crippen LogP contribution < -0.4 is 0 Å². The molecule has 12 rings (SSSR count). The minimum atomic E-state index is 0.627. The molecule has 12 aromatic rings. The minimum Gasteiger partial charge on any atom is -0.226 e. The van der Waals surface area contributed by atoms with Gasteiger partial charge in [-0.25, -0.2) is 24.9 Å². The summed E-state index contributed by atoms with van der Waals surface area (Å²) in [5.41, 5.74) is 6.84. The van der Waals surface area contributed by atoms with Crippen LogP contribution >= 0.6 is 34.0 Å². The largest absolute Gasteiger partial charge is 0.226 e. The van der Waals surface area contributed by atoms with Gasteiger partial charge in [-0.2, -0.15) is 0 Å². The third kappa shape index (κ3) is 5.22. The third-order valence-electron chi connectivity index (χ3n) is 10.6. The first kappa shape index (κ1) is 32.5. The van der Waals surface area contributed by atoms with Crippen LogP contribution in [0.2, 0.25) is 0 Å². The first-order valence-electron chi connectivity index (χ1n) is 18.7. The number of benzene rings is 7. The molecule has 5 aromatic heterocycles. The summed E-state index contributed by atoms with van der Waals surface area (Å²) in [6.45, 7) is 0. The van der Waals surface area contributed by atoms with Crippen LogP contribution in [0.3, 0.4) is 0 Å². The molecule has 0 aliphatic rings. The van der Waals surface area contributed by atoms with E-state index >= 15 is 0 Å². The van der Waals surface area contributed by atoms with Crippen LogP contribution in [0.5, 0.6) is 0 Å². The van der Waals surface area contributed by atoms with Crippen molar-refractivity contribution in [2.45, 2.75) is 0 Å². The maximum Gasteiger partial charge on any atom is 0.165 e. The second-order valence-corrected chi connectivity index (χ2v) is 17.1. The maximum atomic E-state index is 5.39. The van der Waals surface area contributed by atoms with E-state index in [1.807, 2.05) is 24.3 Å². The topological polar surface area (TPSA) is 64.5 Å². The SMILES string of the molecule is c1ccc(-c2nc(-c3cccc4c3sc3ccccc34)nc(-c3cccc4sc5cccc(-c6nc(-c7ccccc7)c7sc8ccccc8c7n6)c5c34)n2)cc1. The molecule has 0 amide bonds. The quantitative estimate of drug-likeness (QED) is 0.174. The van der Waals surface area contributed by atoms with Crippen LogP contribution in [0, 0.1) is 0 Å². The summed E-state index contributed by atoms with van der Waals surface area (Å²) in [6.07, 6.45) is 0. The second-order valence-electron chi connectivity index (χ2n) is 14.0. The fraction of sp³-hybridized carbons (Fsp3) is 0. The number of aromatic nitrogens is 5. The molecule has 0 unspecified atom stereocenters. The van der Waals surface area contributed by atoms with Gasteiger partial charge < -0.3 is 0 Å². The van der Waals surface area contributed by atoms with E-state index in [1.54, 1.807) is 34.0 Å². The van der Waals surface area contributed by atoms with Gasteiger partial charge in [0, 0.05) is 78.2 Å². The van der Waals surface area contributed by atoms with E-state index in [0.29, 0.717) is 23.3 Å². The lowest BCUT2D eigenvalue weighted by molar-refractivity contribution is 1.08. The maximum absolute atomic E-state index is 5.39. The molecule has 8 heteroatoms. The fourth-order valence-corrected chi connectivity index (χ4v) is 11.5. The molecule has 0 aliphatic carbocycles. The van der Waals surface area contributed by atoms with Crippen molar-refractivity contribution >= 4 is 94.7 Å². The lowest BCUT2D eigenvalue weighted by Crippen LogP contribution is -2.00. The highest BCUT2D eigenvalue weighted by Crippen LogP contribution is 2.46. The van der Waals surface area contributed by atoms with Gasteiger partial charge in [0.05, 0.1) is 15.9 Å². The van der Waals surface area contributed by atoms with Crippen molar-refractivity contribution in [1.29, 1.82) is 0 Å². The Balaban J connectivity index is 1.13. The summed E-state index contributed by atoms with van der Waals surface area (Å²) >= 11 is 5.30. The highest BCUT2D eigenvalue weighted by Gasteiger charge is 2.23. The molecule has 0 radical (unpaired) electrons. The van der Waals surface area contributed by atoms with Crippen molar-refractivity contribution in [3.05, 3.63) is 164 Å². The predicted molar refractivity (Wildman–Crippen MR) is 241 cm³/mol. The number of nitrogens with zero attached hydrogens (tertiary/aromatic N) is 5. The zero-order valence-electron chi connectivity index (χ0n) is 30.0. The molecule has 7 aromatic carbocycles. The number of fused-ring (bicyclic) bond motifs is 9. The summed E-state index contributed by atoms with van der Waals surface area (Å²) in [5, 5.41) is 5.77. The lowest BCUT2D eigenvalue weighted by atomic mass is 10.0. The molecule has 0 aliphatic heterocycles. The molecule has 0 atom stereocenters. The molecule has 0 N–H and O–H groups in total. The first-order valence-corrected chi connectivity index (χ1v) is 21.1. The lowest BCUT2D eigenvalue weighted by Gasteiger charge is -2.11. The second kappa shape index (κ2) is 12.9. The van der Waals surface area contributed by atoms with E-state index in [2.05, 4.69) is 140 Å². The van der Waals surface area contributed by atoms with Crippen LogP contribution in [0.15, 0.2) is 164 Å². The number of hydrogen-bond acceptors (Lipinski definition) is 8. The Morgan fingerprint density at radius 2 is 0.789 bits per heavy atom. The van der Waals surface area contributed by atoms with Crippen molar-refractivity contribution in [3.63, 3.8) is 0 Å². The van der Waals surface area contributed by atoms with E-state index < -0.39 is 0 Å². The Morgan fingerprint density at radius 3 is 1.51 bits per heavy atom. The van der Waals surface area contributed by atoms with Gasteiger partial charge in [-0.1, -0.05) is 133 Å². The smallest absolute Gasteiger partial charge is 0.165 e. The number of thiophene rings is 3. The van der Waals surface area contributed by atoms with E-state index in [4.69, 9.17) is 24.9 Å². The summed E-state index contributed by atoms with van der Waals surface area (Å²) in [4.78, 5) is 26.5. The molecule has 0 spiro atoms. The van der Waals surface area contributed by atoms with Crippen LogP contribution in [0.25, 0.3) is 117 Å². The standard InChI is InChI=1S/C49H27N5S3/c1-3-14-28(15-4-1)42-45-43(32-19-8-10-25-37(32)57-45)51-47(50-42)33-21-12-26-38-40(33)41-34(22-13-27-39(41)55-38)48-52-46(29-16-5-2-6-17-29)53-49(54-48)35-23-11-20-31-30-18-7-9-24-36(30)56-44(31)35/h1-27H. The summed E-state index contributed by atoms with van der Waals surface area (Å²) in [5.74, 6) is 2.61.